The van der Waals surface area contributed by atoms with Crippen LogP contribution in [0, 0.1) is 0 Å². The molecule has 1 rings (SSSR count). The maximum Gasteiger partial charge on any atom is 0.454 e. The molecular formula is C11H9F3O3. The molecule has 0 aliphatic heterocycles. The Labute approximate surface area is 95.1 Å². The second-order valence-corrected chi connectivity index (χ2v) is 3.09. The predicted octanol–water partition coefficient (Wildman–Crippen LogP) is 2.73. The number of ether oxygens (including phenoxy) is 1. The summed E-state index contributed by atoms with van der Waals surface area (Å²) in [4.78, 5) is 10.6. The van der Waals surface area contributed by atoms with E-state index in [1.54, 1.807) is 6.07 Å². The number of benzene rings is 1. The van der Waals surface area contributed by atoms with Crippen molar-refractivity contribution in [2.24, 2.45) is 0 Å². The van der Waals surface area contributed by atoms with Crippen molar-refractivity contribution in [1.82, 2.24) is 0 Å². The van der Waals surface area contributed by atoms with E-state index < -0.39 is 17.7 Å². The van der Waals surface area contributed by atoms with Crippen LogP contribution in [0.15, 0.2) is 30.3 Å². The number of halogens is 3. The Kier molecular flexibility index (Phi) is 3.77. The van der Waals surface area contributed by atoms with Gasteiger partial charge in [0, 0.05) is 6.08 Å². The van der Waals surface area contributed by atoms with Crippen LogP contribution in [-0.4, -0.2) is 24.2 Å². The summed E-state index contributed by atoms with van der Waals surface area (Å²) in [5.74, 6) is -2.73. The maximum atomic E-state index is 12.0. The Bertz CT molecular complexity index is 450. The standard InChI is InChI=1S/C11H9F3O3/c1-17-9-5-3-2-4-7(9)8(15)6-10(16)11(12,13)14/h2-6,15H,1H3. The number of carbonyl (C=O) groups excluding carboxylic acids is 1. The topological polar surface area (TPSA) is 46.5 Å². The summed E-state index contributed by atoms with van der Waals surface area (Å²) < 4.78 is 40.8. The van der Waals surface area contributed by atoms with E-state index in [0.29, 0.717) is 0 Å². The SMILES string of the molecule is COc1ccccc1C(O)=CC(=O)C(F)(F)F. The molecule has 92 valence electrons. The molecule has 17 heavy (non-hydrogen) atoms. The van der Waals surface area contributed by atoms with Gasteiger partial charge in [-0.15, -0.1) is 0 Å². The molecular weight excluding hydrogens is 237 g/mol. The van der Waals surface area contributed by atoms with Crippen molar-refractivity contribution in [2.45, 2.75) is 6.18 Å². The highest BCUT2D eigenvalue weighted by atomic mass is 19.4. The lowest BCUT2D eigenvalue weighted by Gasteiger charge is -2.07. The molecule has 0 aromatic heterocycles. The Morgan fingerprint density at radius 1 is 1.35 bits per heavy atom. The van der Waals surface area contributed by atoms with Gasteiger partial charge in [-0.2, -0.15) is 13.2 Å². The highest BCUT2D eigenvalue weighted by Crippen LogP contribution is 2.25. The summed E-state index contributed by atoms with van der Waals surface area (Å²) in [6.45, 7) is 0. The number of carbonyl (C=O) groups is 1. The molecule has 6 heteroatoms. The lowest BCUT2D eigenvalue weighted by molar-refractivity contribution is -0.165. The van der Waals surface area contributed by atoms with Crippen LogP contribution in [0.4, 0.5) is 13.2 Å². The number of para-hydroxylation sites is 1. The molecule has 0 aliphatic carbocycles. The Balaban J connectivity index is 3.08. The summed E-state index contributed by atoms with van der Waals surface area (Å²) in [7, 11) is 1.30. The van der Waals surface area contributed by atoms with Crippen LogP contribution in [-0.2, 0) is 4.79 Å². The van der Waals surface area contributed by atoms with Crippen LogP contribution in [0.1, 0.15) is 5.56 Å². The molecule has 1 aromatic rings. The van der Waals surface area contributed by atoms with Gasteiger partial charge in [0.25, 0.3) is 5.78 Å². The van der Waals surface area contributed by atoms with E-state index in [1.807, 2.05) is 0 Å². The number of aliphatic hydroxyl groups excluding tert-OH is 1. The lowest BCUT2D eigenvalue weighted by Crippen LogP contribution is -2.20. The zero-order valence-corrected chi connectivity index (χ0v) is 8.78. The first-order valence-electron chi connectivity index (χ1n) is 4.51. The van der Waals surface area contributed by atoms with E-state index >= 15 is 0 Å². The Hall–Kier alpha value is -1.98. The number of alkyl halides is 3. The molecule has 0 aliphatic rings. The van der Waals surface area contributed by atoms with Crippen molar-refractivity contribution in [1.29, 1.82) is 0 Å². The number of methoxy groups -OCH3 is 1. The molecule has 0 unspecified atom stereocenters. The molecule has 1 aromatic carbocycles. The van der Waals surface area contributed by atoms with Gasteiger partial charge in [-0.05, 0) is 12.1 Å². The highest BCUT2D eigenvalue weighted by Gasteiger charge is 2.37. The van der Waals surface area contributed by atoms with Crippen LogP contribution in [0.2, 0.25) is 0 Å². The van der Waals surface area contributed by atoms with Crippen LogP contribution in [0.5, 0.6) is 5.75 Å². The van der Waals surface area contributed by atoms with Gasteiger partial charge in [0.05, 0.1) is 12.7 Å². The zero-order chi connectivity index (χ0) is 13.1. The monoisotopic (exact) mass is 246 g/mol. The molecule has 0 saturated heterocycles. The molecule has 0 atom stereocenters. The third kappa shape index (κ3) is 3.24. The summed E-state index contributed by atoms with van der Waals surface area (Å²) in [5, 5.41) is 9.43. The lowest BCUT2D eigenvalue weighted by atomic mass is 10.1. The van der Waals surface area contributed by atoms with Gasteiger partial charge in [0.1, 0.15) is 11.5 Å². The minimum Gasteiger partial charge on any atom is -0.507 e. The predicted molar refractivity (Wildman–Crippen MR) is 54.7 cm³/mol. The maximum absolute atomic E-state index is 12.0. The molecule has 0 fully saturated rings. The number of ketones is 1. The van der Waals surface area contributed by atoms with E-state index in [2.05, 4.69) is 0 Å². The molecule has 0 radical (unpaired) electrons. The summed E-state index contributed by atoms with van der Waals surface area (Å²) >= 11 is 0. The van der Waals surface area contributed by atoms with E-state index in [9.17, 15) is 23.1 Å². The van der Waals surface area contributed by atoms with Crippen LogP contribution in [0.3, 0.4) is 0 Å². The molecule has 1 N–H and O–H groups in total. The van der Waals surface area contributed by atoms with Gasteiger partial charge >= 0.3 is 6.18 Å². The number of hydrogen-bond acceptors (Lipinski definition) is 3. The van der Waals surface area contributed by atoms with Crippen LogP contribution in [0.25, 0.3) is 5.76 Å². The smallest absolute Gasteiger partial charge is 0.454 e. The molecule has 0 saturated carbocycles. The largest absolute Gasteiger partial charge is 0.507 e. The van der Waals surface area contributed by atoms with E-state index in [-0.39, 0.29) is 17.4 Å². The third-order valence-electron chi connectivity index (χ3n) is 1.93. The first-order chi connectivity index (χ1) is 7.86. The van der Waals surface area contributed by atoms with Crippen molar-refractivity contribution in [3.8, 4) is 5.75 Å². The number of rotatable bonds is 3. The number of allylic oxidation sites excluding steroid dienone is 1. The molecule has 0 spiro atoms. The number of aliphatic hydroxyl groups is 1. The van der Waals surface area contributed by atoms with Gasteiger partial charge in [-0.1, -0.05) is 12.1 Å². The first-order valence-corrected chi connectivity index (χ1v) is 4.51. The van der Waals surface area contributed by atoms with Crippen molar-refractivity contribution in [3.63, 3.8) is 0 Å². The highest BCUT2D eigenvalue weighted by molar-refractivity contribution is 5.99. The van der Waals surface area contributed by atoms with Gasteiger partial charge in [0.2, 0.25) is 0 Å². The Morgan fingerprint density at radius 3 is 2.47 bits per heavy atom. The third-order valence-corrected chi connectivity index (χ3v) is 1.93. The van der Waals surface area contributed by atoms with Crippen LogP contribution >= 0.6 is 0 Å². The summed E-state index contributed by atoms with van der Waals surface area (Å²) in [6, 6.07) is 5.88. The van der Waals surface area contributed by atoms with Crippen LogP contribution < -0.4 is 4.74 Å². The zero-order valence-electron chi connectivity index (χ0n) is 8.78. The van der Waals surface area contributed by atoms with E-state index in [1.165, 1.54) is 25.3 Å². The van der Waals surface area contributed by atoms with Gasteiger partial charge in [-0.25, -0.2) is 0 Å². The Morgan fingerprint density at radius 2 is 1.94 bits per heavy atom. The molecule has 0 heterocycles. The van der Waals surface area contributed by atoms with E-state index in [0.717, 1.165) is 0 Å². The second-order valence-electron chi connectivity index (χ2n) is 3.09. The fourth-order valence-electron chi connectivity index (χ4n) is 1.14. The van der Waals surface area contributed by atoms with Crippen molar-refractivity contribution in [2.75, 3.05) is 7.11 Å². The summed E-state index contributed by atoms with van der Waals surface area (Å²) in [6.07, 6.45) is -4.88. The van der Waals surface area contributed by atoms with Crippen molar-refractivity contribution >= 4 is 11.5 Å². The van der Waals surface area contributed by atoms with Crippen molar-refractivity contribution < 1.29 is 27.8 Å². The van der Waals surface area contributed by atoms with Gasteiger partial charge < -0.3 is 9.84 Å². The van der Waals surface area contributed by atoms with E-state index in [4.69, 9.17) is 4.74 Å². The first kappa shape index (κ1) is 13.1. The van der Waals surface area contributed by atoms with Crippen molar-refractivity contribution in [3.05, 3.63) is 35.9 Å². The minimum atomic E-state index is -5.00. The van der Waals surface area contributed by atoms with Gasteiger partial charge in [0.15, 0.2) is 0 Å². The fraction of sp³-hybridized carbons (Fsp3) is 0.182. The van der Waals surface area contributed by atoms with Gasteiger partial charge in [-0.3, -0.25) is 4.79 Å². The quantitative estimate of drug-likeness (QED) is 0.658. The second kappa shape index (κ2) is 4.90. The normalized spacial score (nSPS) is 12.4. The fourth-order valence-corrected chi connectivity index (χ4v) is 1.14. The summed E-state index contributed by atoms with van der Waals surface area (Å²) in [5.41, 5.74) is 0.0209. The average molecular weight is 246 g/mol. The average Bonchev–Trinajstić information content (AvgIpc) is 2.27. The molecule has 0 bridgehead atoms. The number of hydrogen-bond donors (Lipinski definition) is 1. The minimum absolute atomic E-state index is 0.0209. The molecule has 3 nitrogen and oxygen atoms in total. The molecule has 0 amide bonds.